The van der Waals surface area contributed by atoms with Crippen LogP contribution in [0.1, 0.15) is 65.5 Å². The van der Waals surface area contributed by atoms with Crippen molar-refractivity contribution in [1.29, 1.82) is 0 Å². The van der Waals surface area contributed by atoms with E-state index in [9.17, 15) is 8.42 Å². The molecule has 1 heterocycles. The van der Waals surface area contributed by atoms with E-state index in [1.165, 1.54) is 0 Å². The highest BCUT2D eigenvalue weighted by molar-refractivity contribution is 7.90. The maximum atomic E-state index is 12.3. The molecule has 0 amide bonds. The Bertz CT molecular complexity index is 688. The van der Waals surface area contributed by atoms with Gasteiger partial charge in [-0.25, -0.2) is 13.1 Å². The van der Waals surface area contributed by atoms with Crippen LogP contribution in [0.5, 0.6) is 0 Å². The monoisotopic (exact) mass is 393 g/mol. The molecule has 1 aromatic heterocycles. The third-order valence-corrected chi connectivity index (χ3v) is 7.53. The van der Waals surface area contributed by atoms with Crippen LogP contribution < -0.4 is 10.0 Å². The Morgan fingerprint density at radius 3 is 2.48 bits per heavy atom. The second-order valence-corrected chi connectivity index (χ2v) is 11.0. The Balaban J connectivity index is 1.76. The predicted octanol–water partition coefficient (Wildman–Crippen LogP) is 3.74. The van der Waals surface area contributed by atoms with E-state index in [0.29, 0.717) is 12.0 Å². The van der Waals surface area contributed by atoms with E-state index in [4.69, 9.17) is 0 Å². The average Bonchev–Trinajstić information content (AvgIpc) is 2.63. The van der Waals surface area contributed by atoms with E-state index in [-0.39, 0.29) is 6.04 Å². The molecule has 152 valence electrons. The molecule has 1 aliphatic rings. The lowest BCUT2D eigenvalue weighted by Crippen LogP contribution is -2.46. The van der Waals surface area contributed by atoms with Crippen molar-refractivity contribution in [2.24, 2.45) is 5.92 Å². The summed E-state index contributed by atoms with van der Waals surface area (Å²) in [6.45, 7) is 8.39. The van der Waals surface area contributed by atoms with Crippen molar-refractivity contribution in [3.63, 3.8) is 0 Å². The molecule has 0 aromatic carbocycles. The number of rotatable bonds is 8. The molecule has 0 bridgehead atoms. The van der Waals surface area contributed by atoms with Gasteiger partial charge in [-0.2, -0.15) is 0 Å². The molecular weight excluding hydrogens is 358 g/mol. The molecule has 1 aliphatic carbocycles. The lowest BCUT2D eigenvalue weighted by Gasteiger charge is -2.32. The highest BCUT2D eigenvalue weighted by Crippen LogP contribution is 2.26. The predicted molar refractivity (Wildman–Crippen MR) is 113 cm³/mol. The fraction of sp³-hybridized carbons (Fsp3) is 0.667. The molecule has 1 fully saturated rings. The van der Waals surface area contributed by atoms with Gasteiger partial charge in [0.15, 0.2) is 0 Å². The standard InChI is InChI=1S/C21H35N3O2S/c1-5-18(13-14-19-8-6-7-15-22-19)23-16-17-9-11-20(12-10-17)24-27(25,26)21(2,3)4/h6-8,13-15,17-18,20,23-24H,5,9-12,16H2,1-4H3/b14-13-/t17?,18-,20?/m0/s1. The number of hydrogen-bond acceptors (Lipinski definition) is 4. The Labute approximate surface area is 165 Å². The van der Waals surface area contributed by atoms with Gasteiger partial charge in [0.05, 0.1) is 10.4 Å². The maximum absolute atomic E-state index is 12.3. The SMILES string of the molecule is CC[C@@H](/C=C\c1ccccn1)NCC1CCC(NS(=O)(=O)C(C)(C)C)CC1. The van der Waals surface area contributed by atoms with Crippen LogP contribution in [0.3, 0.4) is 0 Å². The summed E-state index contributed by atoms with van der Waals surface area (Å²) in [7, 11) is -3.26. The molecule has 2 N–H and O–H groups in total. The zero-order valence-corrected chi connectivity index (χ0v) is 17.9. The first kappa shape index (κ1) is 22.1. The van der Waals surface area contributed by atoms with Gasteiger partial charge in [-0.3, -0.25) is 4.98 Å². The van der Waals surface area contributed by atoms with Crippen molar-refractivity contribution in [3.05, 3.63) is 36.2 Å². The molecule has 1 atom stereocenters. The Hall–Kier alpha value is -1.24. The molecule has 0 radical (unpaired) electrons. The third-order valence-electron chi connectivity index (χ3n) is 5.27. The number of aromatic nitrogens is 1. The molecule has 5 nitrogen and oxygen atoms in total. The van der Waals surface area contributed by atoms with E-state index < -0.39 is 14.8 Å². The van der Waals surface area contributed by atoms with E-state index in [2.05, 4.69) is 34.1 Å². The smallest absolute Gasteiger partial charge is 0.216 e. The molecule has 0 spiro atoms. The number of hydrogen-bond donors (Lipinski definition) is 2. The summed E-state index contributed by atoms with van der Waals surface area (Å²) in [6.07, 6.45) is 11.1. The minimum absolute atomic E-state index is 0.0801. The fourth-order valence-corrected chi connectivity index (χ4v) is 4.26. The van der Waals surface area contributed by atoms with Crippen LogP contribution in [0.4, 0.5) is 0 Å². The zero-order valence-electron chi connectivity index (χ0n) is 17.1. The van der Waals surface area contributed by atoms with Crippen LogP contribution >= 0.6 is 0 Å². The van der Waals surface area contributed by atoms with Crippen LogP contribution in [0, 0.1) is 5.92 Å². The highest BCUT2D eigenvalue weighted by Gasteiger charge is 2.32. The van der Waals surface area contributed by atoms with Gasteiger partial charge in [-0.15, -0.1) is 0 Å². The Morgan fingerprint density at radius 2 is 1.93 bits per heavy atom. The zero-order chi connectivity index (χ0) is 19.9. The van der Waals surface area contributed by atoms with Crippen LogP contribution in [-0.2, 0) is 10.0 Å². The summed E-state index contributed by atoms with van der Waals surface area (Å²) >= 11 is 0. The summed E-state index contributed by atoms with van der Waals surface area (Å²) in [5, 5.41) is 3.64. The van der Waals surface area contributed by atoms with Crippen LogP contribution in [0.2, 0.25) is 0 Å². The minimum atomic E-state index is -3.26. The first-order chi connectivity index (χ1) is 12.7. The topological polar surface area (TPSA) is 71.1 Å². The van der Waals surface area contributed by atoms with Crippen molar-refractivity contribution in [3.8, 4) is 0 Å². The molecule has 1 aromatic rings. The summed E-state index contributed by atoms with van der Waals surface area (Å²) in [6, 6.07) is 6.34. The van der Waals surface area contributed by atoms with Gasteiger partial charge in [-0.1, -0.05) is 19.1 Å². The second kappa shape index (κ2) is 9.80. The van der Waals surface area contributed by atoms with Crippen LogP contribution in [0.25, 0.3) is 6.08 Å². The summed E-state index contributed by atoms with van der Waals surface area (Å²) in [5.74, 6) is 0.609. The maximum Gasteiger partial charge on any atom is 0.216 e. The lowest BCUT2D eigenvalue weighted by molar-refractivity contribution is 0.296. The summed E-state index contributed by atoms with van der Waals surface area (Å²) in [5.41, 5.74) is 0.976. The number of nitrogens with zero attached hydrogens (tertiary/aromatic N) is 1. The average molecular weight is 394 g/mol. The highest BCUT2D eigenvalue weighted by atomic mass is 32.2. The first-order valence-electron chi connectivity index (χ1n) is 10.1. The summed E-state index contributed by atoms with van der Waals surface area (Å²) < 4.78 is 26.8. The van der Waals surface area contributed by atoms with Crippen molar-refractivity contribution in [1.82, 2.24) is 15.0 Å². The van der Waals surface area contributed by atoms with Crippen molar-refractivity contribution in [2.45, 2.75) is 76.6 Å². The molecule has 1 saturated carbocycles. The Morgan fingerprint density at radius 1 is 1.22 bits per heavy atom. The van der Waals surface area contributed by atoms with Gasteiger partial charge >= 0.3 is 0 Å². The van der Waals surface area contributed by atoms with Gasteiger partial charge in [0.25, 0.3) is 0 Å². The van der Waals surface area contributed by atoms with Crippen LogP contribution in [0.15, 0.2) is 30.5 Å². The van der Waals surface area contributed by atoms with Crippen LogP contribution in [-0.4, -0.2) is 36.8 Å². The fourth-order valence-electron chi connectivity index (χ4n) is 3.24. The van der Waals surface area contributed by atoms with Crippen molar-refractivity contribution >= 4 is 16.1 Å². The number of nitrogens with one attached hydrogen (secondary N) is 2. The van der Waals surface area contributed by atoms with Gasteiger partial charge in [-0.05, 0) is 83.5 Å². The summed E-state index contributed by atoms with van der Waals surface area (Å²) in [4.78, 5) is 4.32. The van der Waals surface area contributed by atoms with Crippen molar-refractivity contribution in [2.75, 3.05) is 6.54 Å². The number of sulfonamides is 1. The molecule has 6 heteroatoms. The Kier molecular flexibility index (Phi) is 8.01. The van der Waals surface area contributed by atoms with E-state index in [1.807, 2.05) is 18.2 Å². The largest absolute Gasteiger partial charge is 0.310 e. The minimum Gasteiger partial charge on any atom is -0.310 e. The molecule has 27 heavy (non-hydrogen) atoms. The van der Waals surface area contributed by atoms with E-state index in [0.717, 1.165) is 44.3 Å². The quantitative estimate of drug-likeness (QED) is 0.706. The van der Waals surface area contributed by atoms with Gasteiger partial charge < -0.3 is 5.32 Å². The molecule has 0 aliphatic heterocycles. The van der Waals surface area contributed by atoms with Gasteiger partial charge in [0, 0.05) is 18.3 Å². The molecule has 0 saturated heterocycles. The second-order valence-electron chi connectivity index (χ2n) is 8.49. The first-order valence-corrected chi connectivity index (χ1v) is 11.5. The molecule has 0 unspecified atom stereocenters. The number of pyridine rings is 1. The van der Waals surface area contributed by atoms with E-state index >= 15 is 0 Å². The van der Waals surface area contributed by atoms with E-state index in [1.54, 1.807) is 27.0 Å². The van der Waals surface area contributed by atoms with Gasteiger partial charge in [0.1, 0.15) is 0 Å². The third kappa shape index (κ3) is 7.01. The van der Waals surface area contributed by atoms with Gasteiger partial charge in [0.2, 0.25) is 10.0 Å². The van der Waals surface area contributed by atoms with Crippen molar-refractivity contribution < 1.29 is 8.42 Å². The normalized spacial score (nSPS) is 22.8. The molecular formula is C21H35N3O2S. The lowest BCUT2D eigenvalue weighted by atomic mass is 9.86. The molecule has 2 rings (SSSR count).